The highest BCUT2D eigenvalue weighted by Crippen LogP contribution is 2.23. The standard InChI is InChI=1S/C21H21BrN4O6S/c1-13-10-15(6-9-17(13)22)32-12-19(27)23-14-4-7-16(8-5-14)33(28,29)26-18-11-20(30-2)25-21(24-18)31-3/h4-11H,12H2,1-3H3,(H,23,27)(H,24,25,26). The summed E-state index contributed by atoms with van der Waals surface area (Å²) < 4.78 is 44.1. The lowest BCUT2D eigenvalue weighted by Gasteiger charge is -2.11. The largest absolute Gasteiger partial charge is 0.484 e. The van der Waals surface area contributed by atoms with Crippen LogP contribution in [0.2, 0.25) is 0 Å². The van der Waals surface area contributed by atoms with Crippen molar-refractivity contribution >= 4 is 43.4 Å². The lowest BCUT2D eigenvalue weighted by Crippen LogP contribution is -2.20. The maximum atomic E-state index is 12.7. The van der Waals surface area contributed by atoms with Crippen LogP contribution in [0.3, 0.4) is 0 Å². The number of carbonyl (C=O) groups is 1. The number of rotatable bonds is 9. The van der Waals surface area contributed by atoms with Gasteiger partial charge in [0.15, 0.2) is 12.4 Å². The Labute approximate surface area is 199 Å². The summed E-state index contributed by atoms with van der Waals surface area (Å²) in [7, 11) is -1.22. The highest BCUT2D eigenvalue weighted by Gasteiger charge is 2.17. The maximum absolute atomic E-state index is 12.7. The van der Waals surface area contributed by atoms with Gasteiger partial charge >= 0.3 is 6.01 Å². The highest BCUT2D eigenvalue weighted by molar-refractivity contribution is 9.10. The first-order valence-electron chi connectivity index (χ1n) is 9.49. The first-order valence-corrected chi connectivity index (χ1v) is 11.8. The summed E-state index contributed by atoms with van der Waals surface area (Å²) in [6.45, 7) is 1.72. The van der Waals surface area contributed by atoms with E-state index in [1.807, 2.05) is 19.1 Å². The van der Waals surface area contributed by atoms with Crippen molar-refractivity contribution in [3.05, 3.63) is 58.6 Å². The number of anilines is 2. The normalized spacial score (nSPS) is 10.9. The second-order valence-corrected chi connectivity index (χ2v) is 9.20. The fourth-order valence-corrected chi connectivity index (χ4v) is 3.86. The molecule has 0 aliphatic carbocycles. The van der Waals surface area contributed by atoms with Crippen LogP contribution in [0.1, 0.15) is 5.56 Å². The molecule has 12 heteroatoms. The number of hydrogen-bond acceptors (Lipinski definition) is 8. The van der Waals surface area contributed by atoms with Crippen molar-refractivity contribution < 1.29 is 27.4 Å². The predicted octanol–water partition coefficient (Wildman–Crippen LogP) is 3.38. The first-order chi connectivity index (χ1) is 15.7. The van der Waals surface area contributed by atoms with E-state index in [0.29, 0.717) is 11.4 Å². The van der Waals surface area contributed by atoms with E-state index in [0.717, 1.165) is 10.0 Å². The third-order valence-corrected chi connectivity index (χ3v) is 6.52. The van der Waals surface area contributed by atoms with Crippen molar-refractivity contribution in [2.24, 2.45) is 0 Å². The minimum Gasteiger partial charge on any atom is -0.484 e. The van der Waals surface area contributed by atoms with E-state index in [-0.39, 0.29) is 35.1 Å². The van der Waals surface area contributed by atoms with Crippen LogP contribution >= 0.6 is 15.9 Å². The zero-order valence-electron chi connectivity index (χ0n) is 18.0. The summed E-state index contributed by atoms with van der Waals surface area (Å²) in [5.41, 5.74) is 1.40. The van der Waals surface area contributed by atoms with Crippen molar-refractivity contribution in [1.82, 2.24) is 9.97 Å². The Kier molecular flexibility index (Phi) is 7.71. The Morgan fingerprint density at radius 2 is 1.76 bits per heavy atom. The van der Waals surface area contributed by atoms with Gasteiger partial charge in [0.05, 0.1) is 19.1 Å². The summed E-state index contributed by atoms with van der Waals surface area (Å²) >= 11 is 3.41. The van der Waals surface area contributed by atoms with Crippen molar-refractivity contribution in [3.8, 4) is 17.6 Å². The molecule has 33 heavy (non-hydrogen) atoms. The monoisotopic (exact) mass is 536 g/mol. The first kappa shape index (κ1) is 24.3. The second kappa shape index (κ2) is 10.5. The van der Waals surface area contributed by atoms with Gasteiger partial charge in [0.2, 0.25) is 5.88 Å². The topological polar surface area (TPSA) is 129 Å². The maximum Gasteiger partial charge on any atom is 0.321 e. The van der Waals surface area contributed by atoms with Gasteiger partial charge in [0.25, 0.3) is 15.9 Å². The van der Waals surface area contributed by atoms with Crippen molar-refractivity contribution in [3.63, 3.8) is 0 Å². The molecule has 1 amide bonds. The van der Waals surface area contributed by atoms with E-state index in [1.165, 1.54) is 44.6 Å². The second-order valence-electron chi connectivity index (χ2n) is 6.66. The van der Waals surface area contributed by atoms with Gasteiger partial charge in [-0.15, -0.1) is 0 Å². The number of aromatic nitrogens is 2. The number of amides is 1. The molecule has 10 nitrogen and oxygen atoms in total. The Hall–Kier alpha value is -3.38. The lowest BCUT2D eigenvalue weighted by molar-refractivity contribution is -0.118. The lowest BCUT2D eigenvalue weighted by atomic mass is 10.2. The molecule has 0 saturated heterocycles. The van der Waals surface area contributed by atoms with Gasteiger partial charge in [-0.25, -0.2) is 8.42 Å². The van der Waals surface area contributed by atoms with Gasteiger partial charge < -0.3 is 19.5 Å². The van der Waals surface area contributed by atoms with Crippen molar-refractivity contribution in [2.45, 2.75) is 11.8 Å². The fraction of sp³-hybridized carbons (Fsp3) is 0.190. The zero-order chi connectivity index (χ0) is 24.0. The SMILES string of the molecule is COc1cc(NS(=O)(=O)c2ccc(NC(=O)COc3ccc(Br)c(C)c3)cc2)nc(OC)n1. The summed E-state index contributed by atoms with van der Waals surface area (Å²) in [5, 5.41) is 2.65. The fourth-order valence-electron chi connectivity index (χ4n) is 2.62. The van der Waals surface area contributed by atoms with Gasteiger partial charge in [-0.3, -0.25) is 9.52 Å². The number of nitrogens with one attached hydrogen (secondary N) is 2. The molecule has 0 saturated carbocycles. The van der Waals surface area contributed by atoms with E-state index >= 15 is 0 Å². The quantitative estimate of drug-likeness (QED) is 0.425. The summed E-state index contributed by atoms with van der Waals surface area (Å²) in [5.74, 6) is 0.301. The third kappa shape index (κ3) is 6.56. The summed E-state index contributed by atoms with van der Waals surface area (Å²) in [6, 6.07) is 12.3. The number of halogens is 1. The van der Waals surface area contributed by atoms with Crippen LogP contribution in [0.4, 0.5) is 11.5 Å². The van der Waals surface area contributed by atoms with Gasteiger partial charge in [0, 0.05) is 16.2 Å². The van der Waals surface area contributed by atoms with Crippen LogP contribution < -0.4 is 24.2 Å². The Bertz CT molecular complexity index is 1230. The number of sulfonamides is 1. The van der Waals surface area contributed by atoms with Gasteiger partial charge in [0.1, 0.15) is 5.75 Å². The number of ether oxygens (including phenoxy) is 3. The van der Waals surface area contributed by atoms with E-state index in [9.17, 15) is 13.2 Å². The number of carbonyl (C=O) groups excluding carboxylic acids is 1. The third-order valence-electron chi connectivity index (χ3n) is 4.26. The molecule has 0 aliphatic rings. The van der Waals surface area contributed by atoms with E-state index in [4.69, 9.17) is 14.2 Å². The smallest absolute Gasteiger partial charge is 0.321 e. The highest BCUT2D eigenvalue weighted by atomic mass is 79.9. The molecule has 0 unspecified atom stereocenters. The molecule has 1 heterocycles. The zero-order valence-corrected chi connectivity index (χ0v) is 20.4. The Morgan fingerprint density at radius 1 is 1.03 bits per heavy atom. The van der Waals surface area contributed by atoms with Gasteiger partial charge in [-0.2, -0.15) is 9.97 Å². The minimum absolute atomic E-state index is 0.0172. The van der Waals surface area contributed by atoms with Crippen molar-refractivity contribution in [2.75, 3.05) is 30.9 Å². The van der Waals surface area contributed by atoms with Crippen LogP contribution in [-0.4, -0.2) is 45.1 Å². The molecular formula is C21H21BrN4O6S. The van der Waals surface area contributed by atoms with E-state index in [1.54, 1.807) is 6.07 Å². The van der Waals surface area contributed by atoms with Crippen molar-refractivity contribution in [1.29, 1.82) is 0 Å². The van der Waals surface area contributed by atoms with Crippen LogP contribution in [0, 0.1) is 6.92 Å². The predicted molar refractivity (Wildman–Crippen MR) is 125 cm³/mol. The molecule has 3 rings (SSSR count). The van der Waals surface area contributed by atoms with Crippen LogP contribution in [0.5, 0.6) is 17.6 Å². The van der Waals surface area contributed by atoms with E-state index < -0.39 is 10.0 Å². The Balaban J connectivity index is 1.62. The molecule has 2 aromatic carbocycles. The van der Waals surface area contributed by atoms with Crippen LogP contribution in [0.25, 0.3) is 0 Å². The molecular weight excluding hydrogens is 516 g/mol. The van der Waals surface area contributed by atoms with Crippen LogP contribution in [-0.2, 0) is 14.8 Å². The molecule has 0 radical (unpaired) electrons. The molecule has 2 N–H and O–H groups in total. The van der Waals surface area contributed by atoms with Gasteiger partial charge in [-0.05, 0) is 55.0 Å². The number of aryl methyl sites for hydroxylation is 1. The molecule has 1 aromatic heterocycles. The molecule has 0 atom stereocenters. The Morgan fingerprint density at radius 3 is 2.39 bits per heavy atom. The number of hydrogen-bond donors (Lipinski definition) is 2. The molecule has 0 bridgehead atoms. The minimum atomic E-state index is -3.96. The molecule has 0 fully saturated rings. The number of benzene rings is 2. The van der Waals surface area contributed by atoms with E-state index in [2.05, 4.69) is 35.9 Å². The summed E-state index contributed by atoms with van der Waals surface area (Å²) in [6.07, 6.45) is 0. The average molecular weight is 537 g/mol. The molecule has 0 spiro atoms. The molecule has 174 valence electrons. The molecule has 3 aromatic rings. The number of methoxy groups -OCH3 is 2. The van der Waals surface area contributed by atoms with Gasteiger partial charge in [-0.1, -0.05) is 15.9 Å². The molecule has 0 aliphatic heterocycles. The summed E-state index contributed by atoms with van der Waals surface area (Å²) in [4.78, 5) is 20.0. The number of nitrogens with zero attached hydrogens (tertiary/aromatic N) is 2. The average Bonchev–Trinajstić information content (AvgIpc) is 2.79. The van der Waals surface area contributed by atoms with Crippen LogP contribution in [0.15, 0.2) is 57.9 Å².